The summed E-state index contributed by atoms with van der Waals surface area (Å²) in [6.45, 7) is 1.24. The fourth-order valence-electron chi connectivity index (χ4n) is 1.25. The van der Waals surface area contributed by atoms with Crippen LogP contribution in [0.3, 0.4) is 0 Å². The second-order valence-electron chi connectivity index (χ2n) is 3.42. The molecule has 0 saturated carbocycles. The zero-order chi connectivity index (χ0) is 12.8. The van der Waals surface area contributed by atoms with Crippen LogP contribution in [0.5, 0.6) is 0 Å². The molecule has 0 saturated heterocycles. The van der Waals surface area contributed by atoms with E-state index in [1.54, 1.807) is 13.0 Å². The molecule has 1 heterocycles. The Kier molecular flexibility index (Phi) is 4.59. The highest BCUT2D eigenvalue weighted by Gasteiger charge is 2.21. The standard InChI is InChI=1S/C11H14N2O4/c1-7-5-8(3-4-12-7)10(15)13-9(6-14)11(16)17-2/h3-5,9,14H,6H2,1-2H3,(H,13,15)/t9-/m0/s1. The lowest BCUT2D eigenvalue weighted by Gasteiger charge is -2.13. The minimum Gasteiger partial charge on any atom is -0.467 e. The van der Waals surface area contributed by atoms with Crippen LogP contribution in [0.4, 0.5) is 0 Å². The molecule has 17 heavy (non-hydrogen) atoms. The number of hydrogen-bond donors (Lipinski definition) is 2. The van der Waals surface area contributed by atoms with Gasteiger partial charge in [0.15, 0.2) is 6.04 Å². The molecule has 1 aromatic rings. The Morgan fingerprint density at radius 1 is 1.59 bits per heavy atom. The van der Waals surface area contributed by atoms with Gasteiger partial charge in [0.1, 0.15) is 0 Å². The van der Waals surface area contributed by atoms with Crippen molar-refractivity contribution in [2.24, 2.45) is 0 Å². The van der Waals surface area contributed by atoms with Crippen LogP contribution in [-0.2, 0) is 9.53 Å². The molecule has 1 amide bonds. The van der Waals surface area contributed by atoms with E-state index in [4.69, 9.17) is 5.11 Å². The molecule has 2 N–H and O–H groups in total. The molecule has 6 nitrogen and oxygen atoms in total. The van der Waals surface area contributed by atoms with Crippen LogP contribution in [0, 0.1) is 6.92 Å². The van der Waals surface area contributed by atoms with Crippen LogP contribution in [0.2, 0.25) is 0 Å². The molecule has 0 aromatic carbocycles. The van der Waals surface area contributed by atoms with Gasteiger partial charge in [-0.2, -0.15) is 0 Å². The van der Waals surface area contributed by atoms with Crippen molar-refractivity contribution in [2.45, 2.75) is 13.0 Å². The number of aliphatic hydroxyl groups excluding tert-OH is 1. The van der Waals surface area contributed by atoms with E-state index >= 15 is 0 Å². The van der Waals surface area contributed by atoms with Gasteiger partial charge < -0.3 is 15.2 Å². The Labute approximate surface area is 98.6 Å². The van der Waals surface area contributed by atoms with Crippen molar-refractivity contribution in [3.63, 3.8) is 0 Å². The average molecular weight is 238 g/mol. The fourth-order valence-corrected chi connectivity index (χ4v) is 1.25. The summed E-state index contributed by atoms with van der Waals surface area (Å²) < 4.78 is 4.44. The lowest BCUT2D eigenvalue weighted by molar-refractivity contribution is -0.143. The van der Waals surface area contributed by atoms with Crippen LogP contribution in [-0.4, -0.2) is 41.7 Å². The molecule has 0 radical (unpaired) electrons. The van der Waals surface area contributed by atoms with E-state index in [1.807, 2.05) is 0 Å². The van der Waals surface area contributed by atoms with E-state index in [-0.39, 0.29) is 0 Å². The monoisotopic (exact) mass is 238 g/mol. The lowest BCUT2D eigenvalue weighted by atomic mass is 10.2. The third kappa shape index (κ3) is 3.53. The molecular formula is C11H14N2O4. The van der Waals surface area contributed by atoms with E-state index in [0.717, 1.165) is 0 Å². The smallest absolute Gasteiger partial charge is 0.330 e. The second-order valence-corrected chi connectivity index (χ2v) is 3.42. The first kappa shape index (κ1) is 13.1. The highest BCUT2D eigenvalue weighted by Crippen LogP contribution is 2.01. The molecule has 0 unspecified atom stereocenters. The van der Waals surface area contributed by atoms with Gasteiger partial charge >= 0.3 is 5.97 Å². The highest BCUT2D eigenvalue weighted by atomic mass is 16.5. The molecule has 0 bridgehead atoms. The number of hydrogen-bond acceptors (Lipinski definition) is 5. The highest BCUT2D eigenvalue weighted by molar-refractivity contribution is 5.96. The summed E-state index contributed by atoms with van der Waals surface area (Å²) in [4.78, 5) is 26.8. The number of pyridine rings is 1. The summed E-state index contributed by atoms with van der Waals surface area (Å²) in [5, 5.41) is 11.3. The van der Waals surface area contributed by atoms with Gasteiger partial charge in [0.25, 0.3) is 5.91 Å². The number of carbonyl (C=O) groups is 2. The number of carbonyl (C=O) groups excluding carboxylic acids is 2. The molecule has 0 aliphatic heterocycles. The third-order valence-corrected chi connectivity index (χ3v) is 2.13. The number of rotatable bonds is 4. The van der Waals surface area contributed by atoms with E-state index < -0.39 is 24.5 Å². The van der Waals surface area contributed by atoms with E-state index in [9.17, 15) is 9.59 Å². The summed E-state index contributed by atoms with van der Waals surface area (Å²) >= 11 is 0. The SMILES string of the molecule is COC(=O)[C@H](CO)NC(=O)c1ccnc(C)c1. The number of aryl methyl sites for hydroxylation is 1. The molecule has 1 rings (SSSR count). The lowest BCUT2D eigenvalue weighted by Crippen LogP contribution is -2.44. The Hall–Kier alpha value is -1.95. The van der Waals surface area contributed by atoms with Crippen LogP contribution in [0.15, 0.2) is 18.3 Å². The van der Waals surface area contributed by atoms with Gasteiger partial charge in [0.05, 0.1) is 13.7 Å². The van der Waals surface area contributed by atoms with E-state index in [1.165, 1.54) is 19.4 Å². The van der Waals surface area contributed by atoms with E-state index in [0.29, 0.717) is 11.3 Å². The van der Waals surface area contributed by atoms with Crippen LogP contribution >= 0.6 is 0 Å². The summed E-state index contributed by atoms with van der Waals surface area (Å²) in [6.07, 6.45) is 1.50. The number of amides is 1. The van der Waals surface area contributed by atoms with Gasteiger partial charge in [-0.15, -0.1) is 0 Å². The fraction of sp³-hybridized carbons (Fsp3) is 0.364. The number of aromatic nitrogens is 1. The number of ether oxygens (including phenoxy) is 1. The Balaban J connectivity index is 2.74. The van der Waals surface area contributed by atoms with Crippen LogP contribution in [0.1, 0.15) is 16.1 Å². The van der Waals surface area contributed by atoms with Crippen LogP contribution < -0.4 is 5.32 Å². The Morgan fingerprint density at radius 2 is 2.29 bits per heavy atom. The van der Waals surface area contributed by atoms with Crippen LogP contribution in [0.25, 0.3) is 0 Å². The minimum atomic E-state index is -1.05. The van der Waals surface area contributed by atoms with Gasteiger partial charge in [0, 0.05) is 17.5 Å². The maximum Gasteiger partial charge on any atom is 0.330 e. The van der Waals surface area contributed by atoms with Gasteiger partial charge in [-0.3, -0.25) is 9.78 Å². The molecule has 0 spiro atoms. The zero-order valence-corrected chi connectivity index (χ0v) is 9.64. The number of esters is 1. The largest absolute Gasteiger partial charge is 0.467 e. The molecular weight excluding hydrogens is 224 g/mol. The molecule has 0 aliphatic rings. The average Bonchev–Trinajstić information content (AvgIpc) is 2.34. The quantitative estimate of drug-likeness (QED) is 0.700. The van der Waals surface area contributed by atoms with Gasteiger partial charge in [0.2, 0.25) is 0 Å². The Morgan fingerprint density at radius 3 is 2.82 bits per heavy atom. The Bertz CT molecular complexity index is 420. The van der Waals surface area contributed by atoms with E-state index in [2.05, 4.69) is 15.0 Å². The van der Waals surface area contributed by atoms with Gasteiger partial charge in [-0.1, -0.05) is 0 Å². The molecule has 1 aromatic heterocycles. The first-order valence-electron chi connectivity index (χ1n) is 5.00. The molecule has 0 fully saturated rings. The normalized spacial score (nSPS) is 11.7. The number of nitrogens with one attached hydrogen (secondary N) is 1. The molecule has 1 atom stereocenters. The minimum absolute atomic E-state index is 0.375. The van der Waals surface area contributed by atoms with Crippen molar-refractivity contribution in [3.8, 4) is 0 Å². The summed E-state index contributed by atoms with van der Waals surface area (Å²) in [5.41, 5.74) is 1.07. The van der Waals surface area contributed by atoms with Gasteiger partial charge in [-0.25, -0.2) is 4.79 Å². The zero-order valence-electron chi connectivity index (χ0n) is 9.64. The topological polar surface area (TPSA) is 88.5 Å². The van der Waals surface area contributed by atoms with Crippen molar-refractivity contribution in [2.75, 3.05) is 13.7 Å². The number of aliphatic hydroxyl groups is 1. The maximum atomic E-state index is 11.7. The van der Waals surface area contributed by atoms with Crippen molar-refractivity contribution >= 4 is 11.9 Å². The first-order chi connectivity index (χ1) is 8.08. The van der Waals surface area contributed by atoms with Crippen molar-refractivity contribution in [1.29, 1.82) is 0 Å². The number of methoxy groups -OCH3 is 1. The second kappa shape index (κ2) is 5.95. The molecule has 92 valence electrons. The number of nitrogens with zero attached hydrogens (tertiary/aromatic N) is 1. The summed E-state index contributed by atoms with van der Waals surface area (Å²) in [5.74, 6) is -1.15. The van der Waals surface area contributed by atoms with Crippen molar-refractivity contribution in [3.05, 3.63) is 29.6 Å². The first-order valence-corrected chi connectivity index (χ1v) is 5.00. The predicted octanol–water partition coefficient (Wildman–Crippen LogP) is -0.346. The van der Waals surface area contributed by atoms with Gasteiger partial charge in [-0.05, 0) is 19.1 Å². The van der Waals surface area contributed by atoms with Crippen molar-refractivity contribution in [1.82, 2.24) is 10.3 Å². The maximum absolute atomic E-state index is 11.7. The molecule has 6 heteroatoms. The summed E-state index contributed by atoms with van der Waals surface area (Å²) in [6, 6.07) is 2.05. The van der Waals surface area contributed by atoms with Crippen molar-refractivity contribution < 1.29 is 19.4 Å². The predicted molar refractivity (Wildman–Crippen MR) is 59.3 cm³/mol. The molecule has 0 aliphatic carbocycles. The third-order valence-electron chi connectivity index (χ3n) is 2.13. The summed E-state index contributed by atoms with van der Waals surface area (Å²) in [7, 11) is 1.19.